The van der Waals surface area contributed by atoms with Crippen molar-refractivity contribution in [1.82, 2.24) is 14.8 Å². The summed E-state index contributed by atoms with van der Waals surface area (Å²) in [4.78, 5) is 15.7. The third-order valence-corrected chi connectivity index (χ3v) is 3.94. The molecule has 1 saturated heterocycles. The summed E-state index contributed by atoms with van der Waals surface area (Å²) in [6.07, 6.45) is 3.72. The van der Waals surface area contributed by atoms with Crippen molar-refractivity contribution in [3.63, 3.8) is 0 Å². The van der Waals surface area contributed by atoms with E-state index in [2.05, 4.69) is 27.1 Å². The highest BCUT2D eigenvalue weighted by molar-refractivity contribution is 5.71. The van der Waals surface area contributed by atoms with Gasteiger partial charge < -0.3 is 14.8 Å². The molecule has 0 bridgehead atoms. The zero-order valence-electron chi connectivity index (χ0n) is 11.8. The van der Waals surface area contributed by atoms with Gasteiger partial charge >= 0.3 is 5.97 Å². The molecule has 7 nitrogen and oxygen atoms in total. The molecule has 0 spiro atoms. The Hall–Kier alpha value is -1.63. The molecule has 0 radical (unpaired) electrons. The predicted octanol–water partition coefficient (Wildman–Crippen LogP) is 0.918. The van der Waals surface area contributed by atoms with Gasteiger partial charge in [-0.25, -0.2) is 4.68 Å². The Morgan fingerprint density at radius 1 is 1.50 bits per heavy atom. The lowest BCUT2D eigenvalue weighted by Gasteiger charge is -2.28. The molecule has 0 aromatic carbocycles. The van der Waals surface area contributed by atoms with Gasteiger partial charge in [-0.2, -0.15) is 10.1 Å². The molecule has 0 saturated carbocycles. The maximum Gasteiger partial charge on any atom is 0.313 e. The summed E-state index contributed by atoms with van der Waals surface area (Å²) in [5, 5.41) is 7.67. The van der Waals surface area contributed by atoms with E-state index in [4.69, 9.17) is 4.74 Å². The third kappa shape index (κ3) is 2.49. The van der Waals surface area contributed by atoms with Gasteiger partial charge in [0.1, 0.15) is 6.42 Å². The van der Waals surface area contributed by atoms with Gasteiger partial charge in [-0.15, -0.1) is 0 Å². The number of aromatic nitrogens is 3. The summed E-state index contributed by atoms with van der Waals surface area (Å²) >= 11 is 0. The SMILES string of the molecule is COC(=O)Cc1nc2n(n1)C(C1CCC(C)O1)CCN2. The lowest BCUT2D eigenvalue weighted by Crippen LogP contribution is -2.32. The van der Waals surface area contributed by atoms with E-state index in [9.17, 15) is 4.79 Å². The van der Waals surface area contributed by atoms with Crippen LogP contribution in [-0.4, -0.2) is 46.6 Å². The summed E-state index contributed by atoms with van der Waals surface area (Å²) in [6, 6.07) is 0.204. The van der Waals surface area contributed by atoms with E-state index >= 15 is 0 Å². The molecule has 3 rings (SSSR count). The highest BCUT2D eigenvalue weighted by Gasteiger charge is 2.35. The van der Waals surface area contributed by atoms with Gasteiger partial charge in [-0.05, 0) is 26.2 Å². The van der Waals surface area contributed by atoms with Crippen LogP contribution in [0.2, 0.25) is 0 Å². The van der Waals surface area contributed by atoms with Gasteiger partial charge in [0.25, 0.3) is 0 Å². The van der Waals surface area contributed by atoms with Crippen LogP contribution in [0, 0.1) is 0 Å². The number of nitrogens with one attached hydrogen (secondary N) is 1. The van der Waals surface area contributed by atoms with Gasteiger partial charge in [0.15, 0.2) is 5.82 Å². The number of hydrogen-bond acceptors (Lipinski definition) is 6. The molecule has 3 unspecified atom stereocenters. The molecule has 20 heavy (non-hydrogen) atoms. The van der Waals surface area contributed by atoms with Crippen LogP contribution in [0.15, 0.2) is 0 Å². The standard InChI is InChI=1S/C13H20N4O3/c1-8-3-4-10(20-8)9-5-6-14-13-15-11(16-17(9)13)7-12(18)19-2/h8-10H,3-7H2,1-2H3,(H,14,15,16). The molecular formula is C13H20N4O3. The van der Waals surface area contributed by atoms with Crippen LogP contribution in [0.25, 0.3) is 0 Å². The van der Waals surface area contributed by atoms with Crippen molar-refractivity contribution in [1.29, 1.82) is 0 Å². The molecule has 3 heterocycles. The molecule has 0 amide bonds. The van der Waals surface area contributed by atoms with Crippen molar-refractivity contribution in [2.75, 3.05) is 19.0 Å². The monoisotopic (exact) mass is 280 g/mol. The fourth-order valence-electron chi connectivity index (χ4n) is 2.91. The molecule has 2 aliphatic rings. The number of ether oxygens (including phenoxy) is 2. The van der Waals surface area contributed by atoms with Gasteiger partial charge in [-0.1, -0.05) is 0 Å². The molecular weight excluding hydrogens is 260 g/mol. The summed E-state index contributed by atoms with van der Waals surface area (Å²) in [6.45, 7) is 2.96. The first-order chi connectivity index (χ1) is 9.67. The minimum Gasteiger partial charge on any atom is -0.469 e. The maximum atomic E-state index is 11.3. The number of fused-ring (bicyclic) bond motifs is 1. The summed E-state index contributed by atoms with van der Waals surface area (Å²) in [7, 11) is 1.37. The lowest BCUT2D eigenvalue weighted by molar-refractivity contribution is -0.139. The fraction of sp³-hybridized carbons (Fsp3) is 0.769. The molecule has 3 atom stereocenters. The van der Waals surface area contributed by atoms with Gasteiger partial charge in [0, 0.05) is 6.54 Å². The van der Waals surface area contributed by atoms with E-state index in [-0.39, 0.29) is 24.5 Å². The second-order valence-electron chi connectivity index (χ2n) is 5.39. The molecule has 110 valence electrons. The van der Waals surface area contributed by atoms with Crippen molar-refractivity contribution in [3.8, 4) is 0 Å². The number of anilines is 1. The van der Waals surface area contributed by atoms with Gasteiger partial charge in [0.05, 0.1) is 25.4 Å². The maximum absolute atomic E-state index is 11.3. The van der Waals surface area contributed by atoms with E-state index < -0.39 is 0 Å². The first-order valence-corrected chi connectivity index (χ1v) is 7.09. The molecule has 1 N–H and O–H groups in total. The van der Waals surface area contributed by atoms with E-state index in [1.807, 2.05) is 4.68 Å². The quantitative estimate of drug-likeness (QED) is 0.829. The Balaban J connectivity index is 1.79. The Bertz CT molecular complexity index is 502. The van der Waals surface area contributed by atoms with Gasteiger partial charge in [-0.3, -0.25) is 4.79 Å². The summed E-state index contributed by atoms with van der Waals surface area (Å²) in [5.41, 5.74) is 0. The average Bonchev–Trinajstić information content (AvgIpc) is 3.03. The number of methoxy groups -OCH3 is 1. The number of nitrogens with zero attached hydrogens (tertiary/aromatic N) is 3. The van der Waals surface area contributed by atoms with Crippen LogP contribution in [0.1, 0.15) is 38.1 Å². The second-order valence-corrected chi connectivity index (χ2v) is 5.39. The highest BCUT2D eigenvalue weighted by atomic mass is 16.5. The second kappa shape index (κ2) is 5.40. The molecule has 0 aliphatic carbocycles. The van der Waals surface area contributed by atoms with E-state index in [1.165, 1.54) is 7.11 Å². The number of esters is 1. The van der Waals surface area contributed by atoms with E-state index in [1.54, 1.807) is 0 Å². The molecule has 2 aliphatic heterocycles. The fourth-order valence-corrected chi connectivity index (χ4v) is 2.91. The molecule has 1 aromatic heterocycles. The summed E-state index contributed by atoms with van der Waals surface area (Å²) in [5.74, 6) is 0.899. The molecule has 7 heteroatoms. The molecule has 1 fully saturated rings. The minimum atomic E-state index is -0.324. The first-order valence-electron chi connectivity index (χ1n) is 7.09. The number of carbonyl (C=O) groups is 1. The Morgan fingerprint density at radius 2 is 2.35 bits per heavy atom. The molecule has 1 aromatic rings. The number of hydrogen-bond donors (Lipinski definition) is 1. The van der Waals surface area contributed by atoms with Crippen molar-refractivity contribution < 1.29 is 14.3 Å². The third-order valence-electron chi connectivity index (χ3n) is 3.94. The smallest absolute Gasteiger partial charge is 0.313 e. The number of carbonyl (C=O) groups excluding carboxylic acids is 1. The Labute approximate surface area is 117 Å². The van der Waals surface area contributed by atoms with Crippen LogP contribution < -0.4 is 5.32 Å². The Morgan fingerprint density at radius 3 is 3.05 bits per heavy atom. The van der Waals surface area contributed by atoms with Crippen LogP contribution in [0.5, 0.6) is 0 Å². The van der Waals surface area contributed by atoms with Crippen LogP contribution in [0.4, 0.5) is 5.95 Å². The zero-order chi connectivity index (χ0) is 14.1. The van der Waals surface area contributed by atoms with E-state index in [0.717, 1.165) is 31.8 Å². The van der Waals surface area contributed by atoms with Crippen LogP contribution in [-0.2, 0) is 20.7 Å². The minimum absolute atomic E-state index is 0.104. The van der Waals surface area contributed by atoms with Crippen LogP contribution in [0.3, 0.4) is 0 Å². The summed E-state index contributed by atoms with van der Waals surface area (Å²) < 4.78 is 12.5. The normalized spacial score (nSPS) is 28.8. The van der Waals surface area contributed by atoms with E-state index in [0.29, 0.717) is 11.9 Å². The topological polar surface area (TPSA) is 78.3 Å². The van der Waals surface area contributed by atoms with Crippen molar-refractivity contribution in [2.45, 2.75) is 50.9 Å². The van der Waals surface area contributed by atoms with Gasteiger partial charge in [0.2, 0.25) is 5.95 Å². The predicted molar refractivity (Wildman–Crippen MR) is 71.5 cm³/mol. The van der Waals surface area contributed by atoms with Crippen LogP contribution >= 0.6 is 0 Å². The largest absolute Gasteiger partial charge is 0.469 e. The zero-order valence-corrected chi connectivity index (χ0v) is 11.8. The van der Waals surface area contributed by atoms with Crippen molar-refractivity contribution >= 4 is 11.9 Å². The lowest BCUT2D eigenvalue weighted by atomic mass is 10.0. The average molecular weight is 280 g/mol. The van der Waals surface area contributed by atoms with Crippen molar-refractivity contribution in [3.05, 3.63) is 5.82 Å². The Kier molecular flexibility index (Phi) is 3.60. The van der Waals surface area contributed by atoms with Crippen molar-refractivity contribution in [2.24, 2.45) is 0 Å². The highest BCUT2D eigenvalue weighted by Crippen LogP contribution is 2.33. The first kappa shape index (κ1) is 13.4. The number of rotatable bonds is 3.